The van der Waals surface area contributed by atoms with E-state index in [0.29, 0.717) is 16.9 Å². The standard InChI is InChI=1S/C15H14O3/c1-9-6-4-5-7-12(9)13-8-14(17)18-11(3)15(13)10(2)16/h4-8H,1-3H3. The molecule has 0 atom stereocenters. The molecule has 0 aliphatic carbocycles. The molecule has 1 aromatic carbocycles. The first-order chi connectivity index (χ1) is 8.50. The third kappa shape index (κ3) is 2.12. The van der Waals surface area contributed by atoms with Crippen LogP contribution in [0.1, 0.15) is 28.6 Å². The molecule has 2 rings (SSSR count). The maximum atomic E-state index is 11.7. The number of hydrogen-bond donors (Lipinski definition) is 0. The molecule has 0 saturated heterocycles. The average Bonchev–Trinajstić information content (AvgIpc) is 2.27. The van der Waals surface area contributed by atoms with Crippen LogP contribution in [-0.2, 0) is 0 Å². The van der Waals surface area contributed by atoms with Gasteiger partial charge in [-0.15, -0.1) is 0 Å². The minimum atomic E-state index is -0.434. The maximum absolute atomic E-state index is 11.7. The van der Waals surface area contributed by atoms with Gasteiger partial charge in [-0.25, -0.2) is 4.79 Å². The summed E-state index contributed by atoms with van der Waals surface area (Å²) in [7, 11) is 0. The van der Waals surface area contributed by atoms with Crippen LogP contribution in [0.5, 0.6) is 0 Å². The van der Waals surface area contributed by atoms with Gasteiger partial charge in [0.25, 0.3) is 0 Å². The van der Waals surface area contributed by atoms with Gasteiger partial charge in [0, 0.05) is 11.6 Å². The van der Waals surface area contributed by atoms with E-state index in [-0.39, 0.29) is 5.78 Å². The molecule has 3 heteroatoms. The maximum Gasteiger partial charge on any atom is 0.336 e. The van der Waals surface area contributed by atoms with Crippen molar-refractivity contribution in [2.24, 2.45) is 0 Å². The molecule has 1 heterocycles. The van der Waals surface area contributed by atoms with Crippen molar-refractivity contribution in [2.75, 3.05) is 0 Å². The van der Waals surface area contributed by atoms with E-state index in [1.807, 2.05) is 31.2 Å². The normalized spacial score (nSPS) is 10.4. The van der Waals surface area contributed by atoms with Crippen LogP contribution in [0.3, 0.4) is 0 Å². The number of ketones is 1. The molecule has 0 unspecified atom stereocenters. The number of rotatable bonds is 2. The van der Waals surface area contributed by atoms with Crippen LogP contribution in [0.15, 0.2) is 39.5 Å². The number of benzene rings is 1. The van der Waals surface area contributed by atoms with Gasteiger partial charge in [0.2, 0.25) is 0 Å². The Kier molecular flexibility index (Phi) is 3.15. The van der Waals surface area contributed by atoms with E-state index < -0.39 is 5.63 Å². The lowest BCUT2D eigenvalue weighted by atomic mass is 9.95. The second-order valence-electron chi connectivity index (χ2n) is 4.28. The summed E-state index contributed by atoms with van der Waals surface area (Å²) in [4.78, 5) is 23.2. The molecular formula is C15H14O3. The monoisotopic (exact) mass is 242 g/mol. The molecule has 0 aliphatic rings. The summed E-state index contributed by atoms with van der Waals surface area (Å²) in [5.41, 5.74) is 2.60. The Morgan fingerprint density at radius 3 is 2.39 bits per heavy atom. The van der Waals surface area contributed by atoms with Gasteiger partial charge in [-0.2, -0.15) is 0 Å². The first-order valence-electron chi connectivity index (χ1n) is 5.72. The number of carbonyl (C=O) groups excluding carboxylic acids is 1. The molecule has 92 valence electrons. The fourth-order valence-corrected chi connectivity index (χ4v) is 2.14. The second kappa shape index (κ2) is 4.61. The van der Waals surface area contributed by atoms with E-state index in [1.165, 1.54) is 13.0 Å². The van der Waals surface area contributed by atoms with Crippen molar-refractivity contribution in [3.05, 3.63) is 57.6 Å². The Labute approximate surface area is 105 Å². The molecule has 18 heavy (non-hydrogen) atoms. The van der Waals surface area contributed by atoms with Crippen LogP contribution in [0.4, 0.5) is 0 Å². The highest BCUT2D eigenvalue weighted by Crippen LogP contribution is 2.27. The molecule has 2 aromatic rings. The number of Topliss-reactive ketones (excluding diaryl/α,β-unsaturated/α-hetero) is 1. The molecule has 0 radical (unpaired) electrons. The molecular weight excluding hydrogens is 228 g/mol. The zero-order valence-corrected chi connectivity index (χ0v) is 10.6. The largest absolute Gasteiger partial charge is 0.427 e. The van der Waals surface area contributed by atoms with E-state index in [9.17, 15) is 9.59 Å². The van der Waals surface area contributed by atoms with E-state index >= 15 is 0 Å². The Balaban J connectivity index is 2.82. The summed E-state index contributed by atoms with van der Waals surface area (Å²) in [5, 5.41) is 0. The molecule has 0 aliphatic heterocycles. The quantitative estimate of drug-likeness (QED) is 0.760. The van der Waals surface area contributed by atoms with Crippen LogP contribution < -0.4 is 5.63 Å². The Hall–Kier alpha value is -2.16. The summed E-state index contributed by atoms with van der Waals surface area (Å²) in [6, 6.07) is 9.03. The zero-order chi connectivity index (χ0) is 13.3. The average molecular weight is 242 g/mol. The van der Waals surface area contributed by atoms with Crippen molar-refractivity contribution in [1.29, 1.82) is 0 Å². The predicted molar refractivity (Wildman–Crippen MR) is 69.9 cm³/mol. The highest BCUT2D eigenvalue weighted by molar-refractivity contribution is 6.01. The molecule has 0 bridgehead atoms. The molecule has 0 amide bonds. The number of hydrogen-bond acceptors (Lipinski definition) is 3. The zero-order valence-electron chi connectivity index (χ0n) is 10.6. The second-order valence-corrected chi connectivity index (χ2v) is 4.28. The molecule has 1 aromatic heterocycles. The van der Waals surface area contributed by atoms with Gasteiger partial charge in [-0.1, -0.05) is 24.3 Å². The van der Waals surface area contributed by atoms with Crippen molar-refractivity contribution >= 4 is 5.78 Å². The number of carbonyl (C=O) groups is 1. The van der Waals surface area contributed by atoms with E-state index in [0.717, 1.165) is 11.1 Å². The van der Waals surface area contributed by atoms with Crippen LogP contribution in [0, 0.1) is 13.8 Å². The van der Waals surface area contributed by atoms with E-state index in [4.69, 9.17) is 4.42 Å². The van der Waals surface area contributed by atoms with Crippen LogP contribution in [0.25, 0.3) is 11.1 Å². The van der Waals surface area contributed by atoms with Gasteiger partial charge in [-0.3, -0.25) is 4.79 Å². The minimum absolute atomic E-state index is 0.102. The Morgan fingerprint density at radius 2 is 1.78 bits per heavy atom. The summed E-state index contributed by atoms with van der Waals surface area (Å²) < 4.78 is 5.00. The predicted octanol–water partition coefficient (Wildman–Crippen LogP) is 3.13. The smallest absolute Gasteiger partial charge is 0.336 e. The highest BCUT2D eigenvalue weighted by atomic mass is 16.4. The third-order valence-electron chi connectivity index (χ3n) is 2.92. The van der Waals surface area contributed by atoms with Gasteiger partial charge >= 0.3 is 5.63 Å². The lowest BCUT2D eigenvalue weighted by molar-refractivity contribution is 0.101. The fourth-order valence-electron chi connectivity index (χ4n) is 2.14. The number of aryl methyl sites for hydroxylation is 2. The van der Waals surface area contributed by atoms with Crippen molar-refractivity contribution in [2.45, 2.75) is 20.8 Å². The summed E-state index contributed by atoms with van der Waals surface area (Å²) >= 11 is 0. The molecule has 0 spiro atoms. The molecule has 0 N–H and O–H groups in total. The lowest BCUT2D eigenvalue weighted by Crippen LogP contribution is -2.08. The molecule has 0 fully saturated rings. The topological polar surface area (TPSA) is 47.3 Å². The molecule has 3 nitrogen and oxygen atoms in total. The minimum Gasteiger partial charge on any atom is -0.427 e. The van der Waals surface area contributed by atoms with Gasteiger partial charge in [0.05, 0.1) is 5.56 Å². The Bertz CT molecular complexity index is 666. The van der Waals surface area contributed by atoms with Crippen LogP contribution in [0.2, 0.25) is 0 Å². The summed E-state index contributed by atoms with van der Waals surface area (Å²) in [6.07, 6.45) is 0. The fraction of sp³-hybridized carbons (Fsp3) is 0.200. The highest BCUT2D eigenvalue weighted by Gasteiger charge is 2.16. The van der Waals surface area contributed by atoms with Crippen molar-refractivity contribution < 1.29 is 9.21 Å². The lowest BCUT2D eigenvalue weighted by Gasteiger charge is -2.10. The summed E-state index contributed by atoms with van der Waals surface area (Å²) in [6.45, 7) is 5.06. The van der Waals surface area contributed by atoms with Gasteiger partial charge in [-0.05, 0) is 31.9 Å². The van der Waals surface area contributed by atoms with Gasteiger partial charge in [0.15, 0.2) is 5.78 Å². The van der Waals surface area contributed by atoms with Crippen molar-refractivity contribution in [1.82, 2.24) is 0 Å². The van der Waals surface area contributed by atoms with Gasteiger partial charge in [0.1, 0.15) is 5.76 Å². The Morgan fingerprint density at radius 1 is 1.11 bits per heavy atom. The SMILES string of the molecule is CC(=O)c1c(-c2ccccc2C)cc(=O)oc1C. The van der Waals surface area contributed by atoms with E-state index in [1.54, 1.807) is 6.92 Å². The van der Waals surface area contributed by atoms with Crippen molar-refractivity contribution in [3.63, 3.8) is 0 Å². The van der Waals surface area contributed by atoms with Crippen LogP contribution >= 0.6 is 0 Å². The third-order valence-corrected chi connectivity index (χ3v) is 2.92. The summed E-state index contributed by atoms with van der Waals surface area (Å²) in [5.74, 6) is 0.266. The first-order valence-corrected chi connectivity index (χ1v) is 5.72. The van der Waals surface area contributed by atoms with E-state index in [2.05, 4.69) is 0 Å². The first kappa shape index (κ1) is 12.3. The van der Waals surface area contributed by atoms with Gasteiger partial charge < -0.3 is 4.42 Å². The van der Waals surface area contributed by atoms with Crippen LogP contribution in [-0.4, -0.2) is 5.78 Å². The molecule has 0 saturated carbocycles. The van der Waals surface area contributed by atoms with Crippen molar-refractivity contribution in [3.8, 4) is 11.1 Å².